The van der Waals surface area contributed by atoms with Crippen LogP contribution in [0, 0.1) is 0 Å². The summed E-state index contributed by atoms with van der Waals surface area (Å²) in [7, 11) is 1.90. The highest BCUT2D eigenvalue weighted by molar-refractivity contribution is 5.86. The molecule has 2 heterocycles. The van der Waals surface area contributed by atoms with Crippen LogP contribution in [-0.2, 0) is 17.9 Å². The number of aromatic amines is 1. The molecule has 2 aromatic rings. The Morgan fingerprint density at radius 2 is 2.07 bits per heavy atom. The average Bonchev–Trinajstić information content (AvgIpc) is 3.12. The van der Waals surface area contributed by atoms with Gasteiger partial charge in [-0.2, -0.15) is 0 Å². The fraction of sp³-hybridized carbons (Fsp3) is 0.524. The predicted molar refractivity (Wildman–Crippen MR) is 105 cm³/mol. The van der Waals surface area contributed by atoms with Crippen LogP contribution in [0.2, 0.25) is 0 Å². The summed E-state index contributed by atoms with van der Waals surface area (Å²) in [6.45, 7) is 6.44. The molecule has 0 bridgehead atoms. The molecule has 1 aliphatic rings. The number of benzene rings is 1. The molecule has 1 aromatic heterocycles. The number of H-pyrrole nitrogens is 1. The molecule has 3 rings (SSSR count). The SMILES string of the molecule is CC(C)c1ccc(CN2CCCC(O)(CN(C)Cc3ncc[nH]3)C2=O)cc1. The summed E-state index contributed by atoms with van der Waals surface area (Å²) < 4.78 is 0. The van der Waals surface area contributed by atoms with Crippen LogP contribution in [0.4, 0.5) is 0 Å². The first-order chi connectivity index (χ1) is 12.9. The fourth-order valence-electron chi connectivity index (χ4n) is 3.73. The number of likely N-dealkylation sites (tertiary alicyclic amines) is 1. The fourth-order valence-corrected chi connectivity index (χ4v) is 3.73. The number of carbonyl (C=O) groups excluding carboxylic acids is 1. The van der Waals surface area contributed by atoms with Crippen molar-refractivity contribution in [3.63, 3.8) is 0 Å². The first-order valence-corrected chi connectivity index (χ1v) is 9.65. The first kappa shape index (κ1) is 19.6. The maximum Gasteiger partial charge on any atom is 0.256 e. The van der Waals surface area contributed by atoms with Crippen molar-refractivity contribution in [2.45, 2.75) is 51.3 Å². The summed E-state index contributed by atoms with van der Waals surface area (Å²) in [5.74, 6) is 1.14. The van der Waals surface area contributed by atoms with E-state index in [1.54, 1.807) is 17.3 Å². The van der Waals surface area contributed by atoms with E-state index in [2.05, 4.69) is 48.1 Å². The van der Waals surface area contributed by atoms with Crippen LogP contribution in [0.3, 0.4) is 0 Å². The lowest BCUT2D eigenvalue weighted by molar-refractivity contribution is -0.160. The summed E-state index contributed by atoms with van der Waals surface area (Å²) >= 11 is 0. The van der Waals surface area contributed by atoms with Crippen LogP contribution >= 0.6 is 0 Å². The molecular formula is C21H30N4O2. The van der Waals surface area contributed by atoms with Crippen molar-refractivity contribution in [1.82, 2.24) is 19.8 Å². The van der Waals surface area contributed by atoms with Gasteiger partial charge in [0.15, 0.2) is 5.60 Å². The number of likely N-dealkylation sites (N-methyl/N-ethyl adjacent to an activating group) is 1. The van der Waals surface area contributed by atoms with Crippen molar-refractivity contribution >= 4 is 5.91 Å². The second-order valence-corrected chi connectivity index (χ2v) is 7.97. The molecular weight excluding hydrogens is 340 g/mol. The number of piperidine rings is 1. The van der Waals surface area contributed by atoms with Crippen LogP contribution in [0.5, 0.6) is 0 Å². The number of rotatable bonds is 7. The van der Waals surface area contributed by atoms with E-state index in [4.69, 9.17) is 0 Å². The Bertz CT molecular complexity index is 742. The largest absolute Gasteiger partial charge is 0.379 e. The Labute approximate surface area is 161 Å². The van der Waals surface area contributed by atoms with Crippen molar-refractivity contribution < 1.29 is 9.90 Å². The third-order valence-electron chi connectivity index (χ3n) is 5.23. The van der Waals surface area contributed by atoms with Crippen LogP contribution in [0.15, 0.2) is 36.7 Å². The highest BCUT2D eigenvalue weighted by atomic mass is 16.3. The molecule has 2 N–H and O–H groups in total. The zero-order chi connectivity index (χ0) is 19.4. The lowest BCUT2D eigenvalue weighted by Gasteiger charge is -2.40. The standard InChI is InChI=1S/C21H30N4O2/c1-16(2)18-7-5-17(6-8-18)13-25-12-4-9-21(27,20(25)26)15-24(3)14-19-22-10-11-23-19/h5-8,10-11,16,27H,4,9,12-15H2,1-3H3,(H,22,23). The second kappa shape index (κ2) is 8.23. The van der Waals surface area contributed by atoms with Gasteiger partial charge in [0, 0.05) is 32.0 Å². The van der Waals surface area contributed by atoms with Crippen molar-refractivity contribution in [3.8, 4) is 0 Å². The van der Waals surface area contributed by atoms with Crippen LogP contribution in [0.1, 0.15) is 49.6 Å². The lowest BCUT2D eigenvalue weighted by Crippen LogP contribution is -2.57. The van der Waals surface area contributed by atoms with Gasteiger partial charge < -0.3 is 15.0 Å². The van der Waals surface area contributed by atoms with Crippen LogP contribution in [0.25, 0.3) is 0 Å². The zero-order valence-corrected chi connectivity index (χ0v) is 16.5. The number of aliphatic hydroxyl groups is 1. The lowest BCUT2D eigenvalue weighted by atomic mass is 9.90. The number of hydrogen-bond acceptors (Lipinski definition) is 4. The van der Waals surface area contributed by atoms with E-state index in [0.717, 1.165) is 17.8 Å². The second-order valence-electron chi connectivity index (χ2n) is 7.97. The quantitative estimate of drug-likeness (QED) is 0.786. The Hall–Kier alpha value is -2.18. The van der Waals surface area contributed by atoms with Gasteiger partial charge in [-0.15, -0.1) is 0 Å². The van der Waals surface area contributed by atoms with E-state index in [1.165, 1.54) is 5.56 Å². The molecule has 1 fully saturated rings. The summed E-state index contributed by atoms with van der Waals surface area (Å²) in [5, 5.41) is 11.0. The van der Waals surface area contributed by atoms with Gasteiger partial charge in [-0.25, -0.2) is 4.98 Å². The first-order valence-electron chi connectivity index (χ1n) is 9.65. The van der Waals surface area contributed by atoms with E-state index in [9.17, 15) is 9.90 Å². The Balaban J connectivity index is 1.63. The van der Waals surface area contributed by atoms with Crippen molar-refractivity contribution in [1.29, 1.82) is 0 Å². The zero-order valence-electron chi connectivity index (χ0n) is 16.5. The summed E-state index contributed by atoms with van der Waals surface area (Å²) in [5.41, 5.74) is 1.05. The minimum atomic E-state index is -1.34. The maximum atomic E-state index is 13.0. The number of carbonyl (C=O) groups is 1. The number of hydrogen-bond donors (Lipinski definition) is 2. The monoisotopic (exact) mass is 370 g/mol. The Morgan fingerprint density at radius 3 is 2.70 bits per heavy atom. The molecule has 1 unspecified atom stereocenters. The van der Waals surface area contributed by atoms with Crippen LogP contribution < -0.4 is 0 Å². The van der Waals surface area contributed by atoms with Crippen molar-refractivity contribution in [3.05, 3.63) is 53.6 Å². The van der Waals surface area contributed by atoms with Gasteiger partial charge in [-0.3, -0.25) is 9.69 Å². The summed E-state index contributed by atoms with van der Waals surface area (Å²) in [4.78, 5) is 24.0. The molecule has 0 radical (unpaired) electrons. The van der Waals surface area contributed by atoms with E-state index < -0.39 is 5.60 Å². The van der Waals surface area contributed by atoms with Gasteiger partial charge in [-0.1, -0.05) is 38.1 Å². The number of amides is 1. The topological polar surface area (TPSA) is 72.5 Å². The highest BCUT2D eigenvalue weighted by Gasteiger charge is 2.42. The Kier molecular flexibility index (Phi) is 5.97. The number of aromatic nitrogens is 2. The summed E-state index contributed by atoms with van der Waals surface area (Å²) in [6.07, 6.45) is 4.78. The average molecular weight is 370 g/mol. The van der Waals surface area contributed by atoms with Crippen molar-refractivity contribution in [2.75, 3.05) is 20.1 Å². The highest BCUT2D eigenvalue weighted by Crippen LogP contribution is 2.26. The third kappa shape index (κ3) is 4.76. The van der Waals surface area contributed by atoms with Gasteiger partial charge in [-0.05, 0) is 36.9 Å². The third-order valence-corrected chi connectivity index (χ3v) is 5.23. The molecule has 6 nitrogen and oxygen atoms in total. The molecule has 0 aliphatic carbocycles. The normalized spacial score (nSPS) is 20.7. The number of nitrogens with one attached hydrogen (secondary N) is 1. The molecule has 1 aliphatic heterocycles. The minimum Gasteiger partial charge on any atom is -0.379 e. The van der Waals surface area contributed by atoms with Gasteiger partial charge in [0.1, 0.15) is 5.82 Å². The predicted octanol–water partition coefficient (Wildman–Crippen LogP) is 2.52. The van der Waals surface area contributed by atoms with E-state index in [0.29, 0.717) is 38.5 Å². The van der Waals surface area contributed by atoms with E-state index in [1.807, 2.05) is 11.9 Å². The number of nitrogens with zero attached hydrogens (tertiary/aromatic N) is 3. The van der Waals surface area contributed by atoms with Gasteiger partial charge in [0.2, 0.25) is 0 Å². The van der Waals surface area contributed by atoms with Gasteiger partial charge in [0.05, 0.1) is 6.54 Å². The molecule has 6 heteroatoms. The molecule has 0 spiro atoms. The van der Waals surface area contributed by atoms with E-state index >= 15 is 0 Å². The Morgan fingerprint density at radius 1 is 1.33 bits per heavy atom. The van der Waals surface area contributed by atoms with Crippen molar-refractivity contribution in [2.24, 2.45) is 0 Å². The van der Waals surface area contributed by atoms with Crippen LogP contribution in [-0.4, -0.2) is 56.5 Å². The molecule has 0 saturated carbocycles. The maximum absolute atomic E-state index is 13.0. The number of imidazole rings is 1. The van der Waals surface area contributed by atoms with Gasteiger partial charge in [0.25, 0.3) is 5.91 Å². The smallest absolute Gasteiger partial charge is 0.256 e. The molecule has 27 heavy (non-hydrogen) atoms. The molecule has 1 aromatic carbocycles. The van der Waals surface area contributed by atoms with E-state index in [-0.39, 0.29) is 5.91 Å². The molecule has 1 saturated heterocycles. The van der Waals surface area contributed by atoms with Gasteiger partial charge >= 0.3 is 0 Å². The molecule has 146 valence electrons. The molecule has 1 amide bonds. The minimum absolute atomic E-state index is 0.173. The molecule has 1 atom stereocenters. The summed E-state index contributed by atoms with van der Waals surface area (Å²) in [6, 6.07) is 8.41.